The Kier molecular flexibility index (Phi) is 4.08. The van der Waals surface area contributed by atoms with Crippen LogP contribution in [-0.4, -0.2) is 13.2 Å². The molecule has 0 radical (unpaired) electrons. The van der Waals surface area contributed by atoms with E-state index in [2.05, 4.69) is 53.2 Å². The molecule has 20 heavy (non-hydrogen) atoms. The van der Waals surface area contributed by atoms with Crippen LogP contribution in [0.25, 0.3) is 0 Å². The average Bonchev–Trinajstić information content (AvgIpc) is 2.48. The molecule has 0 fully saturated rings. The lowest BCUT2D eigenvalue weighted by Crippen LogP contribution is -2.21. The highest BCUT2D eigenvalue weighted by molar-refractivity contribution is 9.10. The molecule has 1 heterocycles. The average molecular weight is 333 g/mol. The van der Waals surface area contributed by atoms with Gasteiger partial charge < -0.3 is 9.47 Å². The number of aryl methyl sites for hydroxylation is 1. The van der Waals surface area contributed by atoms with Crippen molar-refractivity contribution in [3.63, 3.8) is 0 Å². The van der Waals surface area contributed by atoms with Crippen molar-refractivity contribution < 1.29 is 9.47 Å². The first-order valence-corrected chi connectivity index (χ1v) is 7.62. The van der Waals surface area contributed by atoms with E-state index in [0.717, 1.165) is 28.8 Å². The summed E-state index contributed by atoms with van der Waals surface area (Å²) in [4.78, 5) is 0. The van der Waals surface area contributed by atoms with Crippen molar-refractivity contribution in [2.45, 2.75) is 19.4 Å². The molecule has 2 nitrogen and oxygen atoms in total. The minimum atomic E-state index is 0.0262. The van der Waals surface area contributed by atoms with E-state index in [1.54, 1.807) is 0 Å². The summed E-state index contributed by atoms with van der Waals surface area (Å²) >= 11 is 3.48. The Bertz CT molecular complexity index is 610. The minimum Gasteiger partial charge on any atom is -0.490 e. The maximum absolute atomic E-state index is 5.96. The van der Waals surface area contributed by atoms with Gasteiger partial charge >= 0.3 is 0 Å². The van der Waals surface area contributed by atoms with E-state index < -0.39 is 0 Å². The van der Waals surface area contributed by atoms with Crippen LogP contribution in [0.5, 0.6) is 5.75 Å². The molecule has 1 aliphatic rings. The van der Waals surface area contributed by atoms with Gasteiger partial charge in [0.1, 0.15) is 18.5 Å². The summed E-state index contributed by atoms with van der Waals surface area (Å²) in [6, 6.07) is 14.5. The van der Waals surface area contributed by atoms with Gasteiger partial charge in [-0.3, -0.25) is 0 Å². The van der Waals surface area contributed by atoms with Crippen LogP contribution >= 0.6 is 15.9 Å². The van der Waals surface area contributed by atoms with E-state index in [4.69, 9.17) is 9.47 Å². The summed E-state index contributed by atoms with van der Waals surface area (Å²) < 4.78 is 12.8. The molecule has 2 aromatic rings. The largest absolute Gasteiger partial charge is 0.490 e. The van der Waals surface area contributed by atoms with Crippen LogP contribution < -0.4 is 4.74 Å². The molecule has 0 aromatic heterocycles. The summed E-state index contributed by atoms with van der Waals surface area (Å²) in [7, 11) is 0. The Balaban J connectivity index is 1.75. The van der Waals surface area contributed by atoms with Gasteiger partial charge in [-0.15, -0.1) is 0 Å². The lowest BCUT2D eigenvalue weighted by molar-refractivity contribution is 0.0100. The van der Waals surface area contributed by atoms with E-state index in [9.17, 15) is 0 Å². The predicted octanol–water partition coefficient (Wildman–Crippen LogP) is 4.45. The van der Waals surface area contributed by atoms with Crippen molar-refractivity contribution in [1.82, 2.24) is 0 Å². The first-order valence-electron chi connectivity index (χ1n) is 6.82. The van der Waals surface area contributed by atoms with E-state index in [1.165, 1.54) is 11.1 Å². The van der Waals surface area contributed by atoms with Crippen LogP contribution in [-0.2, 0) is 11.2 Å². The highest BCUT2D eigenvalue weighted by Crippen LogP contribution is 2.29. The normalized spacial score (nSPS) is 17.6. The van der Waals surface area contributed by atoms with Crippen LogP contribution in [0.15, 0.2) is 46.9 Å². The number of benzene rings is 2. The summed E-state index contributed by atoms with van der Waals surface area (Å²) in [6.07, 6.45) is 1.01. The van der Waals surface area contributed by atoms with E-state index in [0.29, 0.717) is 6.61 Å². The maximum Gasteiger partial charge on any atom is 0.123 e. The lowest BCUT2D eigenvalue weighted by atomic mass is 9.98. The van der Waals surface area contributed by atoms with E-state index >= 15 is 0 Å². The number of fused-ring (bicyclic) bond motifs is 1. The van der Waals surface area contributed by atoms with Gasteiger partial charge in [-0.05, 0) is 42.2 Å². The number of halogens is 1. The lowest BCUT2D eigenvalue weighted by Gasteiger charge is -2.26. The van der Waals surface area contributed by atoms with Gasteiger partial charge in [0, 0.05) is 4.47 Å². The third-order valence-electron chi connectivity index (χ3n) is 3.63. The molecule has 0 saturated carbocycles. The van der Waals surface area contributed by atoms with Crippen molar-refractivity contribution in [3.8, 4) is 5.75 Å². The Morgan fingerprint density at radius 2 is 2.10 bits per heavy atom. The number of ether oxygens (including phenoxy) is 2. The predicted molar refractivity (Wildman–Crippen MR) is 83.2 cm³/mol. The fourth-order valence-electron chi connectivity index (χ4n) is 2.51. The molecule has 0 aliphatic carbocycles. The summed E-state index contributed by atoms with van der Waals surface area (Å²) in [5, 5.41) is 0. The number of hydrogen-bond acceptors (Lipinski definition) is 2. The first kappa shape index (κ1) is 13.7. The molecule has 0 saturated heterocycles. The van der Waals surface area contributed by atoms with Crippen molar-refractivity contribution in [2.75, 3.05) is 13.2 Å². The second kappa shape index (κ2) is 5.98. The third kappa shape index (κ3) is 2.89. The molecule has 0 N–H and O–H groups in total. The Morgan fingerprint density at radius 1 is 1.25 bits per heavy atom. The van der Waals surface area contributed by atoms with Gasteiger partial charge in [-0.2, -0.15) is 0 Å². The molecular weight excluding hydrogens is 316 g/mol. The summed E-state index contributed by atoms with van der Waals surface area (Å²) in [5.74, 6) is 0.908. The van der Waals surface area contributed by atoms with Crippen molar-refractivity contribution in [2.24, 2.45) is 0 Å². The van der Waals surface area contributed by atoms with Gasteiger partial charge in [0.15, 0.2) is 0 Å². The van der Waals surface area contributed by atoms with Crippen molar-refractivity contribution in [1.29, 1.82) is 0 Å². The minimum absolute atomic E-state index is 0.0262. The van der Waals surface area contributed by atoms with Gasteiger partial charge in [0.05, 0.1) is 6.61 Å². The third-order valence-corrected chi connectivity index (χ3v) is 4.13. The van der Waals surface area contributed by atoms with Gasteiger partial charge in [0.2, 0.25) is 0 Å². The van der Waals surface area contributed by atoms with Crippen molar-refractivity contribution in [3.05, 3.63) is 63.6 Å². The molecule has 0 spiro atoms. The number of hydrogen-bond donors (Lipinski definition) is 0. The fourth-order valence-corrected chi connectivity index (χ4v) is 2.85. The SMILES string of the molecule is Cc1ccc(Br)cc1OCC1OCCc2ccccc21. The molecule has 1 atom stereocenters. The second-order valence-electron chi connectivity index (χ2n) is 5.03. The van der Waals surface area contributed by atoms with E-state index in [1.807, 2.05) is 12.1 Å². The summed E-state index contributed by atoms with van der Waals surface area (Å²) in [5.41, 5.74) is 3.77. The molecule has 0 bridgehead atoms. The quantitative estimate of drug-likeness (QED) is 0.826. The van der Waals surface area contributed by atoms with Crippen LogP contribution in [0.4, 0.5) is 0 Å². The van der Waals surface area contributed by atoms with Crippen LogP contribution in [0.2, 0.25) is 0 Å². The topological polar surface area (TPSA) is 18.5 Å². The Hall–Kier alpha value is -1.32. The molecule has 104 valence electrons. The molecule has 2 aromatic carbocycles. The first-order chi connectivity index (χ1) is 9.74. The maximum atomic E-state index is 5.96. The van der Waals surface area contributed by atoms with Crippen LogP contribution in [0, 0.1) is 6.92 Å². The molecular formula is C17H17BrO2. The molecule has 3 heteroatoms. The zero-order valence-corrected chi connectivity index (χ0v) is 13.0. The zero-order chi connectivity index (χ0) is 13.9. The Morgan fingerprint density at radius 3 is 3.00 bits per heavy atom. The fraction of sp³-hybridized carbons (Fsp3) is 0.294. The second-order valence-corrected chi connectivity index (χ2v) is 5.94. The molecule has 3 rings (SSSR count). The molecule has 1 aliphatic heterocycles. The monoisotopic (exact) mass is 332 g/mol. The smallest absolute Gasteiger partial charge is 0.123 e. The van der Waals surface area contributed by atoms with E-state index in [-0.39, 0.29) is 6.10 Å². The van der Waals surface area contributed by atoms with Gasteiger partial charge in [0.25, 0.3) is 0 Å². The van der Waals surface area contributed by atoms with Crippen molar-refractivity contribution >= 4 is 15.9 Å². The summed E-state index contributed by atoms with van der Waals surface area (Å²) in [6.45, 7) is 3.37. The van der Waals surface area contributed by atoms with Gasteiger partial charge in [-0.1, -0.05) is 46.3 Å². The van der Waals surface area contributed by atoms with Crippen LogP contribution in [0.1, 0.15) is 22.8 Å². The molecule has 1 unspecified atom stereocenters. The number of rotatable bonds is 3. The highest BCUT2D eigenvalue weighted by atomic mass is 79.9. The van der Waals surface area contributed by atoms with Gasteiger partial charge in [-0.25, -0.2) is 0 Å². The standard InChI is InChI=1S/C17H17BrO2/c1-12-6-7-14(18)10-16(12)20-11-17-15-5-3-2-4-13(15)8-9-19-17/h2-7,10,17H,8-9,11H2,1H3. The highest BCUT2D eigenvalue weighted by Gasteiger charge is 2.21. The Labute approximate surface area is 127 Å². The molecule has 0 amide bonds. The van der Waals surface area contributed by atoms with Crippen LogP contribution in [0.3, 0.4) is 0 Å². The zero-order valence-electron chi connectivity index (χ0n) is 11.4.